The van der Waals surface area contributed by atoms with Crippen LogP contribution in [0.4, 0.5) is 17.1 Å². The molecule has 7 aromatic carbocycles. The third kappa shape index (κ3) is 7.16. The first-order valence-electron chi connectivity index (χ1n) is 21.5. The van der Waals surface area contributed by atoms with Gasteiger partial charge in [0.2, 0.25) is 0 Å². The lowest BCUT2D eigenvalue weighted by atomic mass is 9.81. The Hall–Kier alpha value is -7.82. The van der Waals surface area contributed by atoms with Crippen molar-refractivity contribution < 1.29 is 4.42 Å². The predicted octanol–water partition coefficient (Wildman–Crippen LogP) is 15.8. The molecule has 2 aromatic heterocycles. The fourth-order valence-corrected chi connectivity index (χ4v) is 9.06. The lowest BCUT2D eigenvalue weighted by Crippen LogP contribution is -2.11. The number of aromatic nitrogens is 2. The summed E-state index contributed by atoms with van der Waals surface area (Å²) in [4.78, 5) is 13.0. The van der Waals surface area contributed by atoms with Crippen molar-refractivity contribution in [3.63, 3.8) is 0 Å². The van der Waals surface area contributed by atoms with Crippen molar-refractivity contribution in [3.8, 4) is 44.9 Å². The summed E-state index contributed by atoms with van der Waals surface area (Å²) in [6, 6.07) is 64.1. The number of allylic oxidation sites excluding steroid dienone is 8. The second kappa shape index (κ2) is 16.3. The fourth-order valence-electron chi connectivity index (χ4n) is 9.06. The molecule has 2 aliphatic carbocycles. The van der Waals surface area contributed by atoms with Crippen molar-refractivity contribution in [2.45, 2.75) is 25.2 Å². The Morgan fingerprint density at radius 3 is 1.76 bits per heavy atom. The predicted molar refractivity (Wildman–Crippen MR) is 257 cm³/mol. The van der Waals surface area contributed by atoms with E-state index in [1.54, 1.807) is 0 Å². The van der Waals surface area contributed by atoms with Crippen molar-refractivity contribution in [2.75, 3.05) is 4.90 Å². The van der Waals surface area contributed by atoms with Crippen LogP contribution in [0.5, 0.6) is 0 Å². The van der Waals surface area contributed by atoms with Crippen LogP contribution in [-0.4, -0.2) is 9.97 Å². The maximum Gasteiger partial charge on any atom is 0.160 e. The SMILES string of the molecule is C1=CCCC(C2=CC=CCC2c2cc(-c3ccccc3)nc(-c3cccc4oc5cc(N(c6ccc(-c7ccccc7)cc6)c6ccc(-c7ccccc7)cc6)ccc5c34)n2)=C1. The average molecular weight is 798 g/mol. The maximum atomic E-state index is 6.77. The van der Waals surface area contributed by atoms with Gasteiger partial charge in [0.15, 0.2) is 5.82 Å². The number of hydrogen-bond acceptors (Lipinski definition) is 4. The molecule has 1 atom stereocenters. The summed E-state index contributed by atoms with van der Waals surface area (Å²) in [5.41, 5.74) is 16.1. The second-order valence-electron chi connectivity index (χ2n) is 16.0. The molecule has 1 unspecified atom stereocenters. The number of furan rings is 1. The standard InChI is InChI=1S/C58H43N3O/c1-5-16-40(17-6-1)42-28-32-46(33-29-42)61(47-34-30-43(31-35-47)41-18-7-2-8-19-41)48-36-37-51-56(38-48)62-55-27-15-26-52(57(51)55)58-59-53(45-22-11-4-12-23-45)39-54(60-58)50-25-14-13-24-49(50)44-20-9-3-10-21-44/h1-9,11-20,22-24,26-39,50H,10,21,25H2. The van der Waals surface area contributed by atoms with Gasteiger partial charge in [0.1, 0.15) is 11.2 Å². The Balaban J connectivity index is 1.03. The minimum Gasteiger partial charge on any atom is -0.456 e. The van der Waals surface area contributed by atoms with E-state index in [4.69, 9.17) is 14.4 Å². The molecule has 62 heavy (non-hydrogen) atoms. The van der Waals surface area contributed by atoms with Crippen LogP contribution in [0.1, 0.15) is 30.9 Å². The Kier molecular flexibility index (Phi) is 9.79. The van der Waals surface area contributed by atoms with E-state index < -0.39 is 0 Å². The molecule has 11 rings (SSSR count). The lowest BCUT2D eigenvalue weighted by Gasteiger charge is -2.26. The van der Waals surface area contributed by atoms with Crippen molar-refractivity contribution in [1.29, 1.82) is 0 Å². The maximum absolute atomic E-state index is 6.77. The van der Waals surface area contributed by atoms with Gasteiger partial charge in [-0.25, -0.2) is 9.97 Å². The lowest BCUT2D eigenvalue weighted by molar-refractivity contribution is 0.669. The van der Waals surface area contributed by atoms with Gasteiger partial charge in [0, 0.05) is 50.9 Å². The van der Waals surface area contributed by atoms with E-state index in [1.165, 1.54) is 33.4 Å². The van der Waals surface area contributed by atoms with Crippen LogP contribution in [-0.2, 0) is 0 Å². The quantitative estimate of drug-likeness (QED) is 0.146. The number of nitrogens with zero attached hydrogens (tertiary/aromatic N) is 3. The molecule has 0 aliphatic heterocycles. The zero-order chi connectivity index (χ0) is 41.2. The van der Waals surface area contributed by atoms with Crippen molar-refractivity contribution in [2.24, 2.45) is 0 Å². The van der Waals surface area contributed by atoms with Crippen LogP contribution in [0.25, 0.3) is 66.8 Å². The van der Waals surface area contributed by atoms with Gasteiger partial charge in [-0.1, -0.05) is 164 Å². The monoisotopic (exact) mass is 797 g/mol. The molecular weight excluding hydrogens is 755 g/mol. The highest BCUT2D eigenvalue weighted by atomic mass is 16.3. The van der Waals surface area contributed by atoms with Crippen LogP contribution in [0, 0.1) is 0 Å². The Bertz CT molecular complexity index is 3090. The van der Waals surface area contributed by atoms with E-state index in [9.17, 15) is 0 Å². The number of hydrogen-bond donors (Lipinski definition) is 0. The van der Waals surface area contributed by atoms with E-state index in [1.807, 2.05) is 0 Å². The van der Waals surface area contributed by atoms with Gasteiger partial charge < -0.3 is 9.32 Å². The van der Waals surface area contributed by atoms with Crippen molar-refractivity contribution in [3.05, 3.63) is 235 Å². The molecular formula is C58H43N3O. The Morgan fingerprint density at radius 2 is 1.11 bits per heavy atom. The minimum atomic E-state index is 0.124. The molecule has 4 heteroatoms. The molecule has 0 fully saturated rings. The van der Waals surface area contributed by atoms with Gasteiger partial charge in [-0.2, -0.15) is 0 Å². The van der Waals surface area contributed by atoms with Gasteiger partial charge in [0.05, 0.1) is 11.4 Å². The topological polar surface area (TPSA) is 42.2 Å². The van der Waals surface area contributed by atoms with E-state index in [2.05, 4.69) is 223 Å². The third-order valence-electron chi connectivity index (χ3n) is 12.2. The van der Waals surface area contributed by atoms with Crippen molar-refractivity contribution in [1.82, 2.24) is 9.97 Å². The number of benzene rings is 7. The highest BCUT2D eigenvalue weighted by Gasteiger charge is 2.25. The molecule has 0 spiro atoms. The molecule has 9 aromatic rings. The summed E-state index contributed by atoms with van der Waals surface area (Å²) in [6.07, 6.45) is 16.4. The summed E-state index contributed by atoms with van der Waals surface area (Å²) in [5.74, 6) is 0.822. The van der Waals surface area contributed by atoms with E-state index in [-0.39, 0.29) is 5.92 Å². The summed E-state index contributed by atoms with van der Waals surface area (Å²) in [7, 11) is 0. The molecule has 0 saturated carbocycles. The van der Waals surface area contributed by atoms with Crippen LogP contribution >= 0.6 is 0 Å². The van der Waals surface area contributed by atoms with E-state index in [0.717, 1.165) is 80.8 Å². The number of fused-ring (bicyclic) bond motifs is 3. The zero-order valence-electron chi connectivity index (χ0n) is 34.2. The van der Waals surface area contributed by atoms with Gasteiger partial charge in [-0.15, -0.1) is 0 Å². The summed E-state index contributed by atoms with van der Waals surface area (Å²) in [6.45, 7) is 0. The first-order chi connectivity index (χ1) is 30.7. The normalized spacial score (nSPS) is 14.8. The zero-order valence-corrected chi connectivity index (χ0v) is 34.2. The van der Waals surface area contributed by atoms with Gasteiger partial charge in [0.25, 0.3) is 0 Å². The van der Waals surface area contributed by atoms with Crippen LogP contribution < -0.4 is 4.90 Å². The number of anilines is 3. The second-order valence-corrected chi connectivity index (χ2v) is 16.0. The van der Waals surface area contributed by atoms with E-state index in [0.29, 0.717) is 5.82 Å². The molecule has 2 heterocycles. The largest absolute Gasteiger partial charge is 0.456 e. The Morgan fingerprint density at radius 1 is 0.500 bits per heavy atom. The summed E-state index contributed by atoms with van der Waals surface area (Å²) >= 11 is 0. The first-order valence-corrected chi connectivity index (χ1v) is 21.5. The van der Waals surface area contributed by atoms with Gasteiger partial charge in [-0.05, 0) is 101 Å². The van der Waals surface area contributed by atoms with Crippen molar-refractivity contribution >= 4 is 39.0 Å². The van der Waals surface area contributed by atoms with Crippen LogP contribution in [0.15, 0.2) is 234 Å². The molecule has 0 amide bonds. The summed E-state index contributed by atoms with van der Waals surface area (Å²) < 4.78 is 6.77. The van der Waals surface area contributed by atoms with Gasteiger partial charge in [-0.3, -0.25) is 0 Å². The molecule has 0 bridgehead atoms. The molecule has 296 valence electrons. The molecule has 0 radical (unpaired) electrons. The third-order valence-corrected chi connectivity index (χ3v) is 12.2. The molecule has 0 saturated heterocycles. The molecule has 4 nitrogen and oxygen atoms in total. The number of rotatable bonds is 9. The minimum absolute atomic E-state index is 0.124. The fraction of sp³-hybridized carbons (Fsp3) is 0.0690. The highest BCUT2D eigenvalue weighted by Crippen LogP contribution is 2.43. The summed E-state index contributed by atoms with van der Waals surface area (Å²) in [5, 5.41) is 2.03. The molecule has 2 aliphatic rings. The first kappa shape index (κ1) is 37.2. The Labute approximate surface area is 362 Å². The van der Waals surface area contributed by atoms with Crippen LogP contribution in [0.3, 0.4) is 0 Å². The highest BCUT2D eigenvalue weighted by molar-refractivity contribution is 6.12. The average Bonchev–Trinajstić information content (AvgIpc) is 3.74. The van der Waals surface area contributed by atoms with E-state index >= 15 is 0 Å². The van der Waals surface area contributed by atoms with Gasteiger partial charge >= 0.3 is 0 Å². The van der Waals surface area contributed by atoms with Crippen LogP contribution in [0.2, 0.25) is 0 Å². The molecule has 0 N–H and O–H groups in total. The smallest absolute Gasteiger partial charge is 0.160 e.